The van der Waals surface area contributed by atoms with E-state index in [-0.39, 0.29) is 0 Å². The molecule has 1 rings (SSSR count). The van der Waals surface area contributed by atoms with E-state index >= 15 is 0 Å². The first-order valence-corrected chi connectivity index (χ1v) is 4.27. The second-order valence-electron chi connectivity index (χ2n) is 2.51. The lowest BCUT2D eigenvalue weighted by Crippen LogP contribution is -1.98. The summed E-state index contributed by atoms with van der Waals surface area (Å²) < 4.78 is 0. The van der Waals surface area contributed by atoms with Gasteiger partial charge in [0.2, 0.25) is 0 Å². The molecule has 1 aromatic rings. The first kappa shape index (κ1) is 10.1. The third kappa shape index (κ3) is 2.83. The molecule has 0 aliphatic carbocycles. The number of hydrogen-bond donors (Lipinski definition) is 0. The first-order valence-electron chi connectivity index (χ1n) is 4.27. The van der Waals surface area contributed by atoms with Gasteiger partial charge in [-0.1, -0.05) is 31.4 Å². The molecule has 0 saturated heterocycles. The lowest BCUT2D eigenvalue weighted by Gasteiger charge is -1.97. The van der Waals surface area contributed by atoms with Crippen molar-refractivity contribution in [1.29, 1.82) is 0 Å². The maximum Gasteiger partial charge on any atom is 0.0886 e. The van der Waals surface area contributed by atoms with Crippen LogP contribution in [0.1, 0.15) is 5.69 Å². The molecule has 70 valence electrons. The number of nitrogens with zero attached hydrogens (tertiary/aromatic N) is 2. The summed E-state index contributed by atoms with van der Waals surface area (Å²) >= 11 is 0. The topological polar surface area (TPSA) is 25.2 Å². The predicted octanol–water partition coefficient (Wildman–Crippen LogP) is 2.76. The summed E-state index contributed by atoms with van der Waals surface area (Å²) in [6.07, 6.45) is 8.59. The molecule has 0 radical (unpaired) electrons. The lowest BCUT2D eigenvalue weighted by molar-refractivity contribution is 1.29. The van der Waals surface area contributed by atoms with Crippen LogP contribution in [0.15, 0.2) is 67.0 Å². The minimum absolute atomic E-state index is 0.778. The van der Waals surface area contributed by atoms with Gasteiger partial charge in [-0.25, -0.2) is 0 Å². The SMILES string of the molecule is C=C/C=C\C(=N/C=C)c1ccccn1. The average Bonchev–Trinajstić information content (AvgIpc) is 2.25. The van der Waals surface area contributed by atoms with Crippen LogP contribution >= 0.6 is 0 Å². The van der Waals surface area contributed by atoms with E-state index < -0.39 is 0 Å². The van der Waals surface area contributed by atoms with Crippen molar-refractivity contribution >= 4 is 5.71 Å². The maximum absolute atomic E-state index is 4.19. The molecule has 2 nitrogen and oxygen atoms in total. The Morgan fingerprint density at radius 2 is 2.21 bits per heavy atom. The van der Waals surface area contributed by atoms with Crippen LogP contribution in [0.4, 0.5) is 0 Å². The van der Waals surface area contributed by atoms with Crippen molar-refractivity contribution in [2.75, 3.05) is 0 Å². The van der Waals surface area contributed by atoms with Crippen LogP contribution in [-0.2, 0) is 0 Å². The molecule has 0 atom stereocenters. The van der Waals surface area contributed by atoms with E-state index in [0.29, 0.717) is 0 Å². The van der Waals surface area contributed by atoms with E-state index in [9.17, 15) is 0 Å². The number of hydrogen-bond acceptors (Lipinski definition) is 2. The third-order valence-electron chi connectivity index (χ3n) is 1.55. The molecule has 0 spiro atoms. The highest BCUT2D eigenvalue weighted by molar-refractivity contribution is 6.07. The van der Waals surface area contributed by atoms with Gasteiger partial charge in [-0.2, -0.15) is 0 Å². The van der Waals surface area contributed by atoms with Gasteiger partial charge in [0.25, 0.3) is 0 Å². The maximum atomic E-state index is 4.19. The summed E-state index contributed by atoms with van der Waals surface area (Å²) in [5.41, 5.74) is 1.60. The lowest BCUT2D eigenvalue weighted by atomic mass is 10.2. The van der Waals surface area contributed by atoms with Crippen LogP contribution in [-0.4, -0.2) is 10.7 Å². The molecule has 0 aliphatic heterocycles. The highest BCUT2D eigenvalue weighted by atomic mass is 14.8. The summed E-state index contributed by atoms with van der Waals surface area (Å²) in [7, 11) is 0. The van der Waals surface area contributed by atoms with Crippen LogP contribution in [0, 0.1) is 0 Å². The van der Waals surface area contributed by atoms with Crippen LogP contribution in [0.3, 0.4) is 0 Å². The molecule has 0 amide bonds. The van der Waals surface area contributed by atoms with Crippen molar-refractivity contribution in [3.63, 3.8) is 0 Å². The fourth-order valence-electron chi connectivity index (χ4n) is 0.966. The van der Waals surface area contributed by atoms with Gasteiger partial charge < -0.3 is 0 Å². The van der Waals surface area contributed by atoms with Gasteiger partial charge in [-0.15, -0.1) is 0 Å². The summed E-state index contributed by atoms with van der Waals surface area (Å²) in [5.74, 6) is 0. The second-order valence-corrected chi connectivity index (χ2v) is 2.51. The molecule has 0 fully saturated rings. The van der Waals surface area contributed by atoms with Crippen LogP contribution in [0.2, 0.25) is 0 Å². The Balaban J connectivity index is 3.01. The first-order chi connectivity index (χ1) is 6.88. The van der Waals surface area contributed by atoms with Gasteiger partial charge in [0.1, 0.15) is 0 Å². The number of aliphatic imine (C=N–C) groups is 1. The molecule has 0 bridgehead atoms. The summed E-state index contributed by atoms with van der Waals surface area (Å²) in [4.78, 5) is 8.30. The Bertz CT molecular complexity index is 361. The van der Waals surface area contributed by atoms with E-state index in [1.807, 2.05) is 30.4 Å². The highest BCUT2D eigenvalue weighted by Gasteiger charge is 1.97. The zero-order valence-electron chi connectivity index (χ0n) is 7.93. The molecule has 0 unspecified atom stereocenters. The molecule has 1 aromatic heterocycles. The Morgan fingerprint density at radius 1 is 1.36 bits per heavy atom. The monoisotopic (exact) mass is 184 g/mol. The van der Waals surface area contributed by atoms with Gasteiger partial charge in [-0.05, 0) is 18.2 Å². The fraction of sp³-hybridized carbons (Fsp3) is 0. The van der Waals surface area contributed by atoms with E-state index in [0.717, 1.165) is 11.4 Å². The van der Waals surface area contributed by atoms with E-state index in [1.54, 1.807) is 12.3 Å². The zero-order chi connectivity index (χ0) is 10.2. The van der Waals surface area contributed by atoms with Crippen molar-refractivity contribution in [2.24, 2.45) is 4.99 Å². The van der Waals surface area contributed by atoms with Crippen LogP contribution in [0.25, 0.3) is 0 Å². The molecular weight excluding hydrogens is 172 g/mol. The van der Waals surface area contributed by atoms with Gasteiger partial charge in [0.05, 0.1) is 11.4 Å². The average molecular weight is 184 g/mol. The van der Waals surface area contributed by atoms with Crippen molar-refractivity contribution in [3.05, 3.63) is 67.7 Å². The Kier molecular flexibility index (Phi) is 4.08. The van der Waals surface area contributed by atoms with Crippen LogP contribution in [0.5, 0.6) is 0 Å². The van der Waals surface area contributed by atoms with Gasteiger partial charge in [0.15, 0.2) is 0 Å². The smallest absolute Gasteiger partial charge is 0.0886 e. The van der Waals surface area contributed by atoms with Gasteiger partial charge >= 0.3 is 0 Å². The molecular formula is C12H12N2. The summed E-state index contributed by atoms with van der Waals surface area (Å²) in [6.45, 7) is 7.16. The quantitative estimate of drug-likeness (QED) is 0.521. The van der Waals surface area contributed by atoms with E-state index in [4.69, 9.17) is 0 Å². The number of rotatable bonds is 4. The molecule has 0 saturated carbocycles. The summed E-state index contributed by atoms with van der Waals surface area (Å²) in [5, 5.41) is 0. The minimum Gasteiger partial charge on any atom is -0.255 e. The van der Waals surface area contributed by atoms with Crippen molar-refractivity contribution in [2.45, 2.75) is 0 Å². The van der Waals surface area contributed by atoms with Crippen LogP contribution < -0.4 is 0 Å². The third-order valence-corrected chi connectivity index (χ3v) is 1.55. The molecule has 0 aliphatic rings. The van der Waals surface area contributed by atoms with Gasteiger partial charge in [-0.3, -0.25) is 9.98 Å². The van der Waals surface area contributed by atoms with Crippen molar-refractivity contribution in [3.8, 4) is 0 Å². The van der Waals surface area contributed by atoms with Crippen molar-refractivity contribution in [1.82, 2.24) is 4.98 Å². The molecule has 14 heavy (non-hydrogen) atoms. The zero-order valence-corrected chi connectivity index (χ0v) is 7.93. The summed E-state index contributed by atoms with van der Waals surface area (Å²) in [6, 6.07) is 5.69. The Morgan fingerprint density at radius 3 is 2.79 bits per heavy atom. The normalized spacial score (nSPS) is 11.6. The Labute approximate surface area is 84.0 Å². The Hall–Kier alpha value is -1.96. The second kappa shape index (κ2) is 5.65. The number of allylic oxidation sites excluding steroid dienone is 3. The molecule has 2 heteroatoms. The number of pyridine rings is 1. The minimum atomic E-state index is 0.778. The standard InChI is InChI=1S/C12H12N2/c1-3-5-8-11(13-4-2)12-9-6-7-10-14-12/h3-10H,1-2H2/b8-5-,13-11+. The number of aromatic nitrogens is 1. The largest absolute Gasteiger partial charge is 0.255 e. The molecule has 1 heterocycles. The predicted molar refractivity (Wildman–Crippen MR) is 60.3 cm³/mol. The van der Waals surface area contributed by atoms with E-state index in [1.165, 1.54) is 6.20 Å². The van der Waals surface area contributed by atoms with E-state index in [2.05, 4.69) is 23.1 Å². The fourth-order valence-corrected chi connectivity index (χ4v) is 0.966. The van der Waals surface area contributed by atoms with Crippen molar-refractivity contribution < 1.29 is 0 Å². The van der Waals surface area contributed by atoms with Gasteiger partial charge in [0, 0.05) is 12.4 Å². The molecule has 0 N–H and O–H groups in total. The molecule has 0 aromatic carbocycles. The highest BCUT2D eigenvalue weighted by Crippen LogP contribution is 1.99.